The third kappa shape index (κ3) is 3.32. The molecule has 1 atom stereocenters. The van der Waals surface area contributed by atoms with Crippen molar-refractivity contribution < 1.29 is 9.53 Å². The third-order valence-electron chi connectivity index (χ3n) is 3.87. The van der Waals surface area contributed by atoms with Crippen LogP contribution in [-0.2, 0) is 4.79 Å². The van der Waals surface area contributed by atoms with Gasteiger partial charge in [0.25, 0.3) is 0 Å². The number of nitrogens with zero attached hydrogens (tertiary/aromatic N) is 3. The van der Waals surface area contributed by atoms with Crippen LogP contribution in [0.15, 0.2) is 24.5 Å². The minimum Gasteiger partial charge on any atom is -0.488 e. The Morgan fingerprint density at radius 3 is 3.05 bits per heavy atom. The normalized spacial score (nSPS) is 23.4. The zero-order chi connectivity index (χ0) is 14.9. The molecule has 0 saturated carbocycles. The molecular weight excluding hydrogens is 286 g/mol. The largest absolute Gasteiger partial charge is 0.488 e. The minimum atomic E-state index is 0.217. The molecule has 0 bridgehead atoms. The van der Waals surface area contributed by atoms with Gasteiger partial charge in [-0.05, 0) is 26.2 Å². The molecule has 3 heterocycles. The maximum atomic E-state index is 12.0. The number of amides is 1. The third-order valence-corrected chi connectivity index (χ3v) is 5.45. The monoisotopic (exact) mass is 307 g/mol. The molecule has 1 aromatic rings. The number of carbonyl (C=O) groups excluding carboxylic acids is 1. The molecule has 21 heavy (non-hydrogen) atoms. The maximum absolute atomic E-state index is 12.0. The molecule has 114 valence electrons. The zero-order valence-corrected chi connectivity index (χ0v) is 13.3. The van der Waals surface area contributed by atoms with Gasteiger partial charge >= 0.3 is 0 Å². The second kappa shape index (κ2) is 5.85. The summed E-state index contributed by atoms with van der Waals surface area (Å²) >= 11 is 1.95. The molecule has 1 aromatic heterocycles. The average molecular weight is 307 g/mol. The van der Waals surface area contributed by atoms with Gasteiger partial charge in [0.1, 0.15) is 11.9 Å². The van der Waals surface area contributed by atoms with Crippen molar-refractivity contribution in [3.63, 3.8) is 0 Å². The first kappa shape index (κ1) is 14.7. The molecule has 5 nitrogen and oxygen atoms in total. The molecular formula is C15H21N3O2S. The highest BCUT2D eigenvalue weighted by molar-refractivity contribution is 8.01. The minimum absolute atomic E-state index is 0.217. The number of pyridine rings is 1. The Kier molecular flexibility index (Phi) is 4.08. The number of likely N-dealkylation sites (N-methyl/N-ethyl adjacent to an activating group) is 1. The smallest absolute Gasteiger partial charge is 0.236 e. The SMILES string of the molecule is CN(C)CC(=O)N1CC2(CC(Oc3cccnc3)CS2)C1. The lowest BCUT2D eigenvalue weighted by Crippen LogP contribution is -2.62. The summed E-state index contributed by atoms with van der Waals surface area (Å²) in [5.74, 6) is 2.05. The Balaban J connectivity index is 1.49. The van der Waals surface area contributed by atoms with Crippen molar-refractivity contribution in [2.24, 2.45) is 0 Å². The zero-order valence-electron chi connectivity index (χ0n) is 12.5. The first-order chi connectivity index (χ1) is 10.1. The van der Waals surface area contributed by atoms with E-state index in [2.05, 4.69) is 4.98 Å². The summed E-state index contributed by atoms with van der Waals surface area (Å²) in [6.45, 7) is 2.21. The summed E-state index contributed by atoms with van der Waals surface area (Å²) in [6, 6.07) is 3.83. The Morgan fingerprint density at radius 2 is 2.38 bits per heavy atom. The fourth-order valence-corrected chi connectivity index (χ4v) is 4.43. The van der Waals surface area contributed by atoms with Crippen LogP contribution in [-0.4, -0.2) is 71.0 Å². The Hall–Kier alpha value is -1.27. The van der Waals surface area contributed by atoms with Gasteiger partial charge in [-0.2, -0.15) is 0 Å². The highest BCUT2D eigenvalue weighted by Gasteiger charge is 2.51. The molecule has 2 aliphatic heterocycles. The van der Waals surface area contributed by atoms with E-state index >= 15 is 0 Å². The second-order valence-corrected chi connectivity index (χ2v) is 7.60. The van der Waals surface area contributed by atoms with Crippen molar-refractivity contribution in [3.05, 3.63) is 24.5 Å². The van der Waals surface area contributed by atoms with Crippen molar-refractivity contribution >= 4 is 17.7 Å². The number of ether oxygens (including phenoxy) is 1. The fourth-order valence-electron chi connectivity index (χ4n) is 2.90. The maximum Gasteiger partial charge on any atom is 0.236 e. The molecule has 2 aliphatic rings. The van der Waals surface area contributed by atoms with Crippen LogP contribution in [0.25, 0.3) is 0 Å². The van der Waals surface area contributed by atoms with Gasteiger partial charge in [-0.1, -0.05) is 0 Å². The number of likely N-dealkylation sites (tertiary alicyclic amines) is 1. The number of thioether (sulfide) groups is 1. The van der Waals surface area contributed by atoms with Gasteiger partial charge in [0, 0.05) is 31.5 Å². The van der Waals surface area contributed by atoms with Crippen LogP contribution < -0.4 is 4.74 Å². The molecule has 0 radical (unpaired) electrons. The lowest BCUT2D eigenvalue weighted by Gasteiger charge is -2.47. The van der Waals surface area contributed by atoms with Crippen LogP contribution in [0.3, 0.4) is 0 Å². The fraction of sp³-hybridized carbons (Fsp3) is 0.600. The molecule has 3 rings (SSSR count). The van der Waals surface area contributed by atoms with Crippen molar-refractivity contribution in [2.45, 2.75) is 17.3 Å². The van der Waals surface area contributed by atoms with Gasteiger partial charge in [-0.15, -0.1) is 11.8 Å². The molecule has 1 unspecified atom stereocenters. The first-order valence-electron chi connectivity index (χ1n) is 7.19. The number of aromatic nitrogens is 1. The number of hydrogen-bond acceptors (Lipinski definition) is 5. The molecule has 0 aliphatic carbocycles. The second-order valence-electron chi connectivity index (χ2n) is 6.11. The van der Waals surface area contributed by atoms with E-state index in [0.29, 0.717) is 6.54 Å². The Labute approximate surface area is 129 Å². The lowest BCUT2D eigenvalue weighted by atomic mass is 9.93. The van der Waals surface area contributed by atoms with Gasteiger partial charge in [0.15, 0.2) is 0 Å². The summed E-state index contributed by atoms with van der Waals surface area (Å²) in [6.07, 6.45) is 4.74. The topological polar surface area (TPSA) is 45.7 Å². The van der Waals surface area contributed by atoms with Crippen molar-refractivity contribution in [1.29, 1.82) is 0 Å². The first-order valence-corrected chi connectivity index (χ1v) is 8.18. The van der Waals surface area contributed by atoms with Gasteiger partial charge in [-0.3, -0.25) is 9.78 Å². The van der Waals surface area contributed by atoms with E-state index in [-0.39, 0.29) is 16.8 Å². The van der Waals surface area contributed by atoms with E-state index in [4.69, 9.17) is 4.74 Å². The molecule has 6 heteroatoms. The summed E-state index contributed by atoms with van der Waals surface area (Å²) in [4.78, 5) is 19.9. The van der Waals surface area contributed by atoms with Gasteiger partial charge in [0.2, 0.25) is 5.91 Å². The molecule has 1 spiro atoms. The summed E-state index contributed by atoms with van der Waals surface area (Å²) in [5, 5.41) is 0. The standard InChI is InChI=1S/C15H21N3O2S/c1-17(2)8-14(19)18-10-15(11-18)6-13(9-21-15)20-12-4-3-5-16-7-12/h3-5,7,13H,6,8-11H2,1-2H3. The van der Waals surface area contributed by atoms with E-state index in [1.807, 2.05) is 47.8 Å². The van der Waals surface area contributed by atoms with Crippen LogP contribution in [0.5, 0.6) is 5.75 Å². The van der Waals surface area contributed by atoms with E-state index in [9.17, 15) is 4.79 Å². The lowest BCUT2D eigenvalue weighted by molar-refractivity contribution is -0.137. The van der Waals surface area contributed by atoms with E-state index in [0.717, 1.165) is 31.0 Å². The van der Waals surface area contributed by atoms with Gasteiger partial charge < -0.3 is 14.5 Å². The molecule has 2 saturated heterocycles. The number of carbonyl (C=O) groups is 1. The van der Waals surface area contributed by atoms with Crippen molar-refractivity contribution in [1.82, 2.24) is 14.8 Å². The summed E-state index contributed by atoms with van der Waals surface area (Å²) in [7, 11) is 3.85. The highest BCUT2D eigenvalue weighted by atomic mass is 32.2. The number of hydrogen-bond donors (Lipinski definition) is 0. The van der Waals surface area contributed by atoms with Crippen LogP contribution in [0, 0.1) is 0 Å². The molecule has 2 fully saturated rings. The molecule has 1 amide bonds. The summed E-state index contributed by atoms with van der Waals surface area (Å²) < 4.78 is 6.19. The van der Waals surface area contributed by atoms with Crippen LogP contribution in [0.4, 0.5) is 0 Å². The van der Waals surface area contributed by atoms with E-state index in [1.54, 1.807) is 12.4 Å². The molecule has 0 N–H and O–H groups in total. The van der Waals surface area contributed by atoms with Crippen molar-refractivity contribution in [2.75, 3.05) is 39.5 Å². The predicted molar refractivity (Wildman–Crippen MR) is 83.6 cm³/mol. The summed E-state index contributed by atoms with van der Waals surface area (Å²) in [5.41, 5.74) is 0. The Morgan fingerprint density at radius 1 is 1.57 bits per heavy atom. The predicted octanol–water partition coefficient (Wildman–Crippen LogP) is 1.11. The molecule has 0 aromatic carbocycles. The van der Waals surface area contributed by atoms with Crippen LogP contribution >= 0.6 is 11.8 Å². The quantitative estimate of drug-likeness (QED) is 0.834. The highest BCUT2D eigenvalue weighted by Crippen LogP contribution is 2.46. The average Bonchev–Trinajstić information content (AvgIpc) is 2.81. The van der Waals surface area contributed by atoms with Crippen molar-refractivity contribution in [3.8, 4) is 5.75 Å². The number of rotatable bonds is 4. The van der Waals surface area contributed by atoms with Crippen LogP contribution in [0.2, 0.25) is 0 Å². The van der Waals surface area contributed by atoms with E-state index in [1.165, 1.54) is 0 Å². The Bertz CT molecular complexity index is 503. The van der Waals surface area contributed by atoms with E-state index < -0.39 is 0 Å². The van der Waals surface area contributed by atoms with Gasteiger partial charge in [0.05, 0.1) is 17.5 Å². The van der Waals surface area contributed by atoms with Gasteiger partial charge in [-0.25, -0.2) is 0 Å². The van der Waals surface area contributed by atoms with Crippen LogP contribution in [0.1, 0.15) is 6.42 Å².